The maximum absolute atomic E-state index is 13.2. The summed E-state index contributed by atoms with van der Waals surface area (Å²) in [5, 5.41) is 55.8. The van der Waals surface area contributed by atoms with Crippen molar-refractivity contribution in [3.8, 4) is 0 Å². The number of ether oxygens (including phenoxy) is 6. The first-order valence-electron chi connectivity index (χ1n) is 32.8. The molecule has 0 aromatic heterocycles. The van der Waals surface area contributed by atoms with Crippen molar-refractivity contribution < 1.29 is 68.3 Å². The third-order valence-electron chi connectivity index (χ3n) is 15.7. The molecule has 0 spiro atoms. The van der Waals surface area contributed by atoms with Gasteiger partial charge in [-0.15, -0.1) is 0 Å². The number of allylic oxidation sites excluding steroid dienone is 6. The Morgan fingerprint density at radius 1 is 0.375 bits per heavy atom. The van der Waals surface area contributed by atoms with Crippen LogP contribution in [0.3, 0.4) is 0 Å². The zero-order valence-corrected chi connectivity index (χ0v) is 50.8. The lowest BCUT2D eigenvalue weighted by Gasteiger charge is -2.43. The highest BCUT2D eigenvalue weighted by atomic mass is 16.8. The van der Waals surface area contributed by atoms with E-state index in [0.717, 1.165) is 116 Å². The molecule has 2 rings (SSSR count). The van der Waals surface area contributed by atoms with Crippen LogP contribution in [0.25, 0.3) is 0 Å². The lowest BCUT2D eigenvalue weighted by molar-refractivity contribution is -0.383. The highest BCUT2D eigenvalue weighted by Gasteiger charge is 2.60. The average Bonchev–Trinajstić information content (AvgIpc) is 3.78. The van der Waals surface area contributed by atoms with Crippen molar-refractivity contribution in [3.05, 3.63) is 36.5 Å². The van der Waals surface area contributed by atoms with E-state index in [1.807, 2.05) is 0 Å². The molecule has 2 aliphatic rings. The van der Waals surface area contributed by atoms with Crippen LogP contribution in [-0.2, 0) is 42.8 Å². The van der Waals surface area contributed by atoms with Crippen LogP contribution < -0.4 is 0 Å². The molecule has 0 radical (unpaired) electrons. The minimum atomic E-state index is -2.36. The summed E-state index contributed by atoms with van der Waals surface area (Å²) in [4.78, 5) is 38.8. The van der Waals surface area contributed by atoms with Gasteiger partial charge in [0.05, 0.1) is 0 Å². The summed E-state index contributed by atoms with van der Waals surface area (Å²) in [6.07, 6.45) is 44.1. The molecule has 0 unspecified atom stereocenters. The largest absolute Gasteiger partial charge is 0.463 e. The summed E-state index contributed by atoms with van der Waals surface area (Å²) in [5.41, 5.74) is 0. The molecule has 14 heteroatoms. The first-order valence-corrected chi connectivity index (χ1v) is 32.8. The summed E-state index contributed by atoms with van der Waals surface area (Å²) in [6.45, 7) is 5.02. The number of carbonyl (C=O) groups excluding carboxylic acids is 3. The molecule has 0 aromatic carbocycles. The molecule has 0 amide bonds. The fourth-order valence-electron chi connectivity index (χ4n) is 10.4. The first-order chi connectivity index (χ1) is 39.0. The topological polar surface area (TPSA) is 208 Å². The van der Waals surface area contributed by atoms with Crippen molar-refractivity contribution in [3.63, 3.8) is 0 Å². The molecule has 0 aliphatic carbocycles. The minimum absolute atomic E-state index is 0.0716. The minimum Gasteiger partial charge on any atom is -0.463 e. The Labute approximate surface area is 486 Å². The van der Waals surface area contributed by atoms with E-state index in [1.54, 1.807) is 0 Å². The number of unbranched alkanes of at least 4 members (excludes halogenated alkanes) is 33. The number of hydrogen-bond donors (Lipinski definition) is 5. The molecular weight excluding hydrogens is 1020 g/mol. The third-order valence-corrected chi connectivity index (χ3v) is 15.7. The lowest BCUT2D eigenvalue weighted by atomic mass is 9.99. The van der Waals surface area contributed by atoms with Gasteiger partial charge in [0.1, 0.15) is 62.5 Å². The molecule has 14 nitrogen and oxygen atoms in total. The molecule has 2 fully saturated rings. The molecule has 2 saturated heterocycles. The maximum Gasteiger partial charge on any atom is 0.305 e. The van der Waals surface area contributed by atoms with Gasteiger partial charge in [-0.05, 0) is 96.3 Å². The first kappa shape index (κ1) is 73.4. The van der Waals surface area contributed by atoms with Crippen molar-refractivity contribution in [1.82, 2.24) is 0 Å². The predicted molar refractivity (Wildman–Crippen MR) is 319 cm³/mol. The second kappa shape index (κ2) is 49.7. The van der Waals surface area contributed by atoms with Crippen LogP contribution in [0.1, 0.15) is 290 Å². The van der Waals surface area contributed by atoms with Crippen LogP contribution in [0.15, 0.2) is 36.5 Å². The number of aliphatic hydroxyl groups excluding tert-OH is 5. The molecule has 80 heavy (non-hydrogen) atoms. The van der Waals surface area contributed by atoms with Gasteiger partial charge in [0, 0.05) is 19.3 Å². The molecule has 2 heterocycles. The quantitative estimate of drug-likeness (QED) is 0.0166. The molecule has 0 bridgehead atoms. The zero-order chi connectivity index (χ0) is 58.2. The number of rotatable bonds is 53. The standard InChI is InChI=1S/C66H118O14/c1-4-7-10-13-16-19-22-25-28-31-34-37-40-43-46-49-57(67)75-52-55-60(70)62(72)63(73)65(78-55)80-66(54-77-59(69)51-48-45-42-39-36-33-30-27-24-21-18-15-12-9-6-3)64(74)61(71)56(79-66)53-76-58(68)50-47-44-41-38-35-32-29-26-23-20-17-14-11-8-5-2/h25-30,55-56,60-65,70-74H,4-24,31-54H2,1-3H3/b28-25-,29-26-,30-27-/t55-,56-,60-,61-,62+,63-,64+,65-,66+/m1/s1. The zero-order valence-electron chi connectivity index (χ0n) is 50.8. The van der Waals surface area contributed by atoms with Gasteiger partial charge in [0.2, 0.25) is 5.79 Å². The summed E-state index contributed by atoms with van der Waals surface area (Å²) < 4.78 is 34.6. The van der Waals surface area contributed by atoms with E-state index in [1.165, 1.54) is 116 Å². The molecule has 9 atom stereocenters. The van der Waals surface area contributed by atoms with Gasteiger partial charge in [0.15, 0.2) is 6.29 Å². The van der Waals surface area contributed by atoms with Crippen LogP contribution in [0.4, 0.5) is 0 Å². The van der Waals surface area contributed by atoms with Crippen molar-refractivity contribution in [1.29, 1.82) is 0 Å². The fourth-order valence-corrected chi connectivity index (χ4v) is 10.4. The molecular formula is C66H118O14. The lowest BCUT2D eigenvalue weighted by Crippen LogP contribution is -2.63. The van der Waals surface area contributed by atoms with E-state index >= 15 is 0 Å². The van der Waals surface area contributed by atoms with Crippen LogP contribution in [0.2, 0.25) is 0 Å². The fraction of sp³-hybridized carbons (Fsp3) is 0.864. The van der Waals surface area contributed by atoms with Gasteiger partial charge < -0.3 is 54.0 Å². The van der Waals surface area contributed by atoms with E-state index in [-0.39, 0.29) is 19.3 Å². The van der Waals surface area contributed by atoms with Crippen molar-refractivity contribution >= 4 is 17.9 Å². The van der Waals surface area contributed by atoms with Crippen LogP contribution in [0, 0.1) is 0 Å². The van der Waals surface area contributed by atoms with Crippen molar-refractivity contribution in [2.45, 2.75) is 345 Å². The molecule has 0 aromatic rings. The van der Waals surface area contributed by atoms with Gasteiger partial charge in [-0.1, -0.05) is 211 Å². The van der Waals surface area contributed by atoms with Gasteiger partial charge in [-0.3, -0.25) is 14.4 Å². The Bertz CT molecular complexity index is 1590. The summed E-state index contributed by atoms with van der Waals surface area (Å²) >= 11 is 0. The Balaban J connectivity index is 1.90. The average molecular weight is 1140 g/mol. The van der Waals surface area contributed by atoms with Gasteiger partial charge >= 0.3 is 17.9 Å². The number of hydrogen-bond acceptors (Lipinski definition) is 14. The van der Waals surface area contributed by atoms with Crippen molar-refractivity contribution in [2.24, 2.45) is 0 Å². The normalized spacial score (nSPS) is 23.2. The highest BCUT2D eigenvalue weighted by molar-refractivity contribution is 5.70. The SMILES string of the molecule is CCCCCCCC/C=C\CCCCCCCC(=O)OC[C@H]1O[C@@](COC(=O)CCCCCCC/C=C\CCCCCCCC)(O[C@H]2O[C@H](COC(=O)CCCCCCC/C=C\CCCCCCCC)[C@@H](O)[C@H](O)[C@H]2O)[C@@H](O)[C@@H]1O. The van der Waals surface area contributed by atoms with E-state index in [0.29, 0.717) is 19.3 Å². The maximum atomic E-state index is 13.2. The Kier molecular flexibility index (Phi) is 45.6. The summed E-state index contributed by atoms with van der Waals surface area (Å²) in [5.74, 6) is -3.99. The summed E-state index contributed by atoms with van der Waals surface area (Å²) in [6, 6.07) is 0. The Morgan fingerprint density at radius 2 is 0.688 bits per heavy atom. The smallest absolute Gasteiger partial charge is 0.305 e. The highest BCUT2D eigenvalue weighted by Crippen LogP contribution is 2.37. The van der Waals surface area contributed by atoms with Crippen molar-refractivity contribution in [2.75, 3.05) is 19.8 Å². The van der Waals surface area contributed by atoms with Crippen LogP contribution in [0.5, 0.6) is 0 Å². The third kappa shape index (κ3) is 35.4. The van der Waals surface area contributed by atoms with E-state index in [9.17, 15) is 39.9 Å². The second-order valence-electron chi connectivity index (χ2n) is 23.1. The van der Waals surface area contributed by atoms with E-state index < -0.39 is 92.5 Å². The molecule has 466 valence electrons. The van der Waals surface area contributed by atoms with E-state index in [2.05, 4.69) is 57.2 Å². The Morgan fingerprint density at radius 3 is 1.05 bits per heavy atom. The summed E-state index contributed by atoms with van der Waals surface area (Å²) in [7, 11) is 0. The number of aliphatic hydroxyl groups is 5. The molecule has 2 aliphatic heterocycles. The molecule has 5 N–H and O–H groups in total. The second-order valence-corrected chi connectivity index (χ2v) is 23.1. The molecule has 0 saturated carbocycles. The number of esters is 3. The van der Waals surface area contributed by atoms with Gasteiger partial charge in [-0.25, -0.2) is 0 Å². The van der Waals surface area contributed by atoms with Crippen LogP contribution in [-0.4, -0.2) is 118 Å². The number of carbonyl (C=O) groups is 3. The van der Waals surface area contributed by atoms with E-state index in [4.69, 9.17) is 28.4 Å². The Hall–Kier alpha value is -2.69. The van der Waals surface area contributed by atoms with Gasteiger partial charge in [0.25, 0.3) is 0 Å². The monoisotopic (exact) mass is 1130 g/mol. The van der Waals surface area contributed by atoms with Gasteiger partial charge in [-0.2, -0.15) is 0 Å². The predicted octanol–water partition coefficient (Wildman–Crippen LogP) is 14.4. The van der Waals surface area contributed by atoms with Crippen LogP contribution >= 0.6 is 0 Å².